The Balaban J connectivity index is 1.66. The topological polar surface area (TPSA) is 138 Å². The average molecular weight is 694 g/mol. The van der Waals surface area contributed by atoms with E-state index in [4.69, 9.17) is 34.3 Å². The number of halogens is 4. The third kappa shape index (κ3) is 8.36. The highest BCUT2D eigenvalue weighted by Gasteiger charge is 2.44. The number of benzene rings is 2. The second kappa shape index (κ2) is 14.9. The van der Waals surface area contributed by atoms with Gasteiger partial charge in [0.25, 0.3) is 0 Å². The SMILES string of the molecule is CCC(C)[C@H](NC(=O)Cc1ccc(F)cc1F)C(=O)N[C@@]1(OC(=O)NC(C(N)=S)[C@@H](C)CC)CCc2[nH]c3c(Cl)cc(F)cc3c2C1. The van der Waals surface area contributed by atoms with E-state index in [1.807, 2.05) is 20.8 Å². The smallest absolute Gasteiger partial charge is 0.409 e. The van der Waals surface area contributed by atoms with Crippen LogP contribution >= 0.6 is 23.8 Å². The number of aromatic nitrogens is 1. The van der Waals surface area contributed by atoms with E-state index >= 15 is 0 Å². The number of rotatable bonds is 12. The maximum atomic E-state index is 14.5. The van der Waals surface area contributed by atoms with Gasteiger partial charge in [-0.15, -0.1) is 0 Å². The van der Waals surface area contributed by atoms with Crippen molar-refractivity contribution in [1.82, 2.24) is 20.9 Å². The summed E-state index contributed by atoms with van der Waals surface area (Å²) in [6, 6.07) is 3.59. The minimum absolute atomic E-state index is 0.0394. The molecule has 3 amide bonds. The molecule has 4 rings (SSSR count). The molecule has 0 spiro atoms. The van der Waals surface area contributed by atoms with Gasteiger partial charge in [0, 0.05) is 30.0 Å². The van der Waals surface area contributed by atoms with Gasteiger partial charge in [-0.1, -0.05) is 70.4 Å². The molecule has 9 nitrogen and oxygen atoms in total. The van der Waals surface area contributed by atoms with E-state index in [2.05, 4.69) is 20.9 Å². The number of aromatic amines is 1. The van der Waals surface area contributed by atoms with Crippen LogP contribution in [0.2, 0.25) is 5.02 Å². The van der Waals surface area contributed by atoms with Crippen molar-refractivity contribution in [3.63, 3.8) is 0 Å². The summed E-state index contributed by atoms with van der Waals surface area (Å²) in [5, 5.41) is 8.91. The second-order valence-electron chi connectivity index (χ2n) is 12.2. The summed E-state index contributed by atoms with van der Waals surface area (Å²) in [4.78, 5) is 43.8. The van der Waals surface area contributed by atoms with Gasteiger partial charge >= 0.3 is 6.09 Å². The van der Waals surface area contributed by atoms with E-state index < -0.39 is 65.5 Å². The predicted octanol–water partition coefficient (Wildman–Crippen LogP) is 5.74. The largest absolute Gasteiger partial charge is 0.423 e. The molecule has 2 unspecified atom stereocenters. The van der Waals surface area contributed by atoms with Crippen LogP contribution in [0.5, 0.6) is 0 Å². The number of ether oxygens (including phenoxy) is 1. The first-order valence-corrected chi connectivity index (χ1v) is 16.3. The molecule has 5 atom stereocenters. The first-order valence-electron chi connectivity index (χ1n) is 15.5. The molecule has 0 saturated carbocycles. The molecular weight excluding hydrogens is 655 g/mol. The van der Waals surface area contributed by atoms with Crippen molar-refractivity contribution in [1.29, 1.82) is 0 Å². The number of amides is 3. The minimum atomic E-state index is -1.64. The van der Waals surface area contributed by atoms with E-state index in [9.17, 15) is 27.6 Å². The van der Waals surface area contributed by atoms with Crippen LogP contribution in [0.4, 0.5) is 18.0 Å². The lowest BCUT2D eigenvalue weighted by Crippen LogP contribution is -2.62. The average Bonchev–Trinajstić information content (AvgIpc) is 3.36. The van der Waals surface area contributed by atoms with Gasteiger partial charge < -0.3 is 31.4 Å². The summed E-state index contributed by atoms with van der Waals surface area (Å²) >= 11 is 11.5. The summed E-state index contributed by atoms with van der Waals surface area (Å²) in [6.07, 6.45) is 0.187. The number of alkyl carbamates (subject to hydrolysis) is 1. The highest BCUT2D eigenvalue weighted by molar-refractivity contribution is 7.80. The third-order valence-corrected chi connectivity index (χ3v) is 9.42. The summed E-state index contributed by atoms with van der Waals surface area (Å²) in [7, 11) is 0. The van der Waals surface area contributed by atoms with Crippen LogP contribution in [-0.4, -0.2) is 45.7 Å². The van der Waals surface area contributed by atoms with Crippen molar-refractivity contribution in [2.24, 2.45) is 17.6 Å². The molecule has 47 heavy (non-hydrogen) atoms. The van der Waals surface area contributed by atoms with Crippen molar-refractivity contribution in [3.8, 4) is 0 Å². The van der Waals surface area contributed by atoms with Gasteiger partial charge in [0.15, 0.2) is 5.72 Å². The number of nitrogens with one attached hydrogen (secondary N) is 4. The molecular formula is C33H39ClF3N5O4S. The molecule has 0 radical (unpaired) electrons. The zero-order chi connectivity index (χ0) is 34.6. The number of thiocarbonyl (C=S) groups is 1. The molecule has 6 N–H and O–H groups in total. The number of carbonyl (C=O) groups excluding carboxylic acids is 3. The Kier molecular flexibility index (Phi) is 11.4. The molecule has 1 aliphatic carbocycles. The lowest BCUT2D eigenvalue weighted by atomic mass is 9.87. The van der Waals surface area contributed by atoms with Gasteiger partial charge in [-0.3, -0.25) is 9.59 Å². The minimum Gasteiger partial charge on any atom is -0.423 e. The van der Waals surface area contributed by atoms with Crippen LogP contribution in [0.25, 0.3) is 10.9 Å². The molecule has 1 heterocycles. The fraction of sp³-hybridized carbons (Fsp3) is 0.455. The molecule has 254 valence electrons. The molecule has 3 aromatic rings. The fourth-order valence-corrected chi connectivity index (χ4v) is 6.34. The number of hydrogen-bond donors (Lipinski definition) is 5. The zero-order valence-electron chi connectivity index (χ0n) is 26.6. The fourth-order valence-electron chi connectivity index (χ4n) is 5.79. The third-order valence-electron chi connectivity index (χ3n) is 8.87. The zero-order valence-corrected chi connectivity index (χ0v) is 28.1. The van der Waals surface area contributed by atoms with E-state index in [0.29, 0.717) is 41.8 Å². The van der Waals surface area contributed by atoms with Crippen LogP contribution in [-0.2, 0) is 33.6 Å². The predicted molar refractivity (Wildman–Crippen MR) is 177 cm³/mol. The van der Waals surface area contributed by atoms with Crippen LogP contribution < -0.4 is 21.7 Å². The quantitative estimate of drug-likeness (QED) is 0.121. The van der Waals surface area contributed by atoms with Crippen LogP contribution in [0.1, 0.15) is 63.8 Å². The Labute approximate surface area is 281 Å². The first-order chi connectivity index (χ1) is 22.2. The lowest BCUT2D eigenvalue weighted by Gasteiger charge is -2.39. The maximum Gasteiger partial charge on any atom is 0.409 e. The Bertz CT molecular complexity index is 1690. The number of aryl methyl sites for hydroxylation is 1. The van der Waals surface area contributed by atoms with Gasteiger partial charge in [0.2, 0.25) is 11.8 Å². The van der Waals surface area contributed by atoms with E-state index in [1.54, 1.807) is 6.92 Å². The number of nitrogens with two attached hydrogens (primary N) is 1. The van der Waals surface area contributed by atoms with Gasteiger partial charge in [0.1, 0.15) is 23.5 Å². The van der Waals surface area contributed by atoms with Crippen molar-refractivity contribution in [2.75, 3.05) is 0 Å². The van der Waals surface area contributed by atoms with Crippen molar-refractivity contribution in [3.05, 3.63) is 69.6 Å². The molecule has 2 aromatic carbocycles. The van der Waals surface area contributed by atoms with Gasteiger partial charge in [-0.05, 0) is 47.6 Å². The van der Waals surface area contributed by atoms with Gasteiger partial charge in [-0.25, -0.2) is 18.0 Å². The van der Waals surface area contributed by atoms with Crippen LogP contribution in [0.3, 0.4) is 0 Å². The monoisotopic (exact) mass is 693 g/mol. The Morgan fingerprint density at radius 2 is 1.72 bits per heavy atom. The van der Waals surface area contributed by atoms with E-state index in [-0.39, 0.29) is 34.3 Å². The molecule has 14 heteroatoms. The molecule has 0 fully saturated rings. The van der Waals surface area contributed by atoms with E-state index in [0.717, 1.165) is 11.8 Å². The summed E-state index contributed by atoms with van der Waals surface area (Å²) in [5.74, 6) is -4.05. The normalized spacial score (nSPS) is 18.4. The van der Waals surface area contributed by atoms with E-state index in [1.165, 1.54) is 18.2 Å². The molecule has 1 aliphatic rings. The molecule has 0 saturated heterocycles. The standard InChI is InChI=1S/C33H39ClF3N5O4S/c1-5-16(3)27(30(38)47)41-32(45)46-33(10-9-25-22(15-33)21-12-20(36)13-23(34)29(21)39-25)42-31(44)28(17(4)6-2)40-26(43)11-18-7-8-19(35)14-24(18)37/h7-8,12-14,16-17,27-28,39H,5-6,9-11,15H2,1-4H3,(H2,38,47)(H,40,43)(H,41,45)(H,42,44)/t16-,17?,27?,28-,33+/m0/s1. The lowest BCUT2D eigenvalue weighted by molar-refractivity contribution is -0.136. The summed E-state index contributed by atoms with van der Waals surface area (Å²) in [6.45, 7) is 7.38. The second-order valence-corrected chi connectivity index (χ2v) is 13.1. The van der Waals surface area contributed by atoms with Gasteiger partial charge in [-0.2, -0.15) is 0 Å². The van der Waals surface area contributed by atoms with Crippen molar-refractivity contribution >= 4 is 57.6 Å². The highest BCUT2D eigenvalue weighted by Crippen LogP contribution is 2.38. The van der Waals surface area contributed by atoms with Crippen LogP contribution in [0.15, 0.2) is 30.3 Å². The molecule has 0 aliphatic heterocycles. The Morgan fingerprint density at radius 3 is 2.36 bits per heavy atom. The van der Waals surface area contributed by atoms with Crippen molar-refractivity contribution < 1.29 is 32.3 Å². The number of H-pyrrole nitrogens is 1. The number of hydrogen-bond acceptors (Lipinski definition) is 5. The molecule has 0 bridgehead atoms. The van der Waals surface area contributed by atoms with Crippen molar-refractivity contribution in [2.45, 2.75) is 84.0 Å². The van der Waals surface area contributed by atoms with Gasteiger partial charge in [0.05, 0.1) is 28.0 Å². The summed E-state index contributed by atoms with van der Waals surface area (Å²) in [5.41, 5.74) is 6.09. The Hall–Kier alpha value is -3.84. The Morgan fingerprint density at radius 1 is 1.04 bits per heavy atom. The summed E-state index contributed by atoms with van der Waals surface area (Å²) < 4.78 is 48.2. The maximum absolute atomic E-state index is 14.5. The highest BCUT2D eigenvalue weighted by atomic mass is 35.5. The first kappa shape index (κ1) is 36.0. The van der Waals surface area contributed by atoms with Crippen LogP contribution in [0, 0.1) is 29.3 Å². The molecule has 1 aromatic heterocycles. The number of carbonyl (C=O) groups is 3. The number of fused-ring (bicyclic) bond motifs is 3.